The average molecular weight is 579 g/mol. The van der Waals surface area contributed by atoms with Gasteiger partial charge in [0.2, 0.25) is 0 Å². The first kappa shape index (κ1) is 31.7. The lowest BCUT2D eigenvalue weighted by atomic mass is 10.1. The van der Waals surface area contributed by atoms with Crippen LogP contribution in [0.1, 0.15) is 6.42 Å². The maximum Gasteiger partial charge on any atom is 0.414 e. The molecule has 0 spiro atoms. The second kappa shape index (κ2) is 15.8. The molecule has 4 rings (SSSR count). The summed E-state index contributed by atoms with van der Waals surface area (Å²) in [4.78, 5) is 31.1. The molecule has 11 nitrogen and oxygen atoms in total. The van der Waals surface area contributed by atoms with E-state index in [-0.39, 0.29) is 12.2 Å². The molecule has 222 valence electrons. The van der Waals surface area contributed by atoms with Gasteiger partial charge in [-0.25, -0.2) is 9.59 Å². The fourth-order valence-electron chi connectivity index (χ4n) is 3.93. The molecule has 0 saturated carbocycles. The standard InChI is InChI=1S/C29H32N2O5.C2H2O4/c1-31-28(17-22-11-14-26(34-2)18-27(22)29(31)33)21-9-12-25(13-10-21)35-16-6-15-30-19-23(32)20-36-24-7-4-3-5-8-24;3-1(4)2(5)6/h3-5,7-14,17-18,23,30,32H,6,15-16,19-20H2,1-2H3;(H,3,4)(H,5,6). The number of ether oxygens (including phenoxy) is 3. The van der Waals surface area contributed by atoms with Gasteiger partial charge >= 0.3 is 11.9 Å². The van der Waals surface area contributed by atoms with E-state index in [0.717, 1.165) is 41.1 Å². The van der Waals surface area contributed by atoms with Crippen LogP contribution in [0.5, 0.6) is 17.2 Å². The van der Waals surface area contributed by atoms with Gasteiger partial charge in [0.15, 0.2) is 0 Å². The van der Waals surface area contributed by atoms with Crippen molar-refractivity contribution in [2.24, 2.45) is 7.05 Å². The third kappa shape index (κ3) is 9.36. The maximum atomic E-state index is 12.9. The average Bonchev–Trinajstić information content (AvgIpc) is 3.00. The maximum absolute atomic E-state index is 12.9. The summed E-state index contributed by atoms with van der Waals surface area (Å²) >= 11 is 0. The SMILES string of the molecule is COc1ccc2cc(-c3ccc(OCCCNCC(O)COc4ccccc4)cc3)n(C)c(=O)c2c1.O=C(O)C(=O)O. The number of nitrogens with zero attached hydrogens (tertiary/aromatic N) is 1. The molecule has 1 atom stereocenters. The number of benzene rings is 3. The molecule has 0 radical (unpaired) electrons. The van der Waals surface area contributed by atoms with E-state index >= 15 is 0 Å². The number of aliphatic hydroxyl groups is 1. The predicted molar refractivity (Wildman–Crippen MR) is 157 cm³/mol. The van der Waals surface area contributed by atoms with Crippen molar-refractivity contribution in [1.82, 2.24) is 9.88 Å². The Morgan fingerprint density at radius 2 is 1.52 bits per heavy atom. The van der Waals surface area contributed by atoms with Gasteiger partial charge in [0.05, 0.1) is 24.8 Å². The molecular weight excluding hydrogens is 544 g/mol. The monoisotopic (exact) mass is 578 g/mol. The van der Waals surface area contributed by atoms with Gasteiger partial charge < -0.3 is 39.4 Å². The van der Waals surface area contributed by atoms with Crippen LogP contribution in [-0.2, 0) is 16.6 Å². The molecule has 0 fully saturated rings. The minimum absolute atomic E-state index is 0.0639. The van der Waals surface area contributed by atoms with E-state index < -0.39 is 18.0 Å². The number of fused-ring (bicyclic) bond motifs is 1. The molecule has 1 heterocycles. The smallest absolute Gasteiger partial charge is 0.414 e. The number of hydrogen-bond acceptors (Lipinski definition) is 8. The van der Waals surface area contributed by atoms with Crippen molar-refractivity contribution in [2.45, 2.75) is 12.5 Å². The van der Waals surface area contributed by atoms with Crippen LogP contribution in [-0.4, -0.2) is 71.3 Å². The summed E-state index contributed by atoms with van der Waals surface area (Å²) in [6.07, 6.45) is 0.225. The van der Waals surface area contributed by atoms with Crippen molar-refractivity contribution >= 4 is 22.7 Å². The van der Waals surface area contributed by atoms with Gasteiger partial charge in [-0.2, -0.15) is 0 Å². The van der Waals surface area contributed by atoms with Gasteiger partial charge in [-0.3, -0.25) is 4.79 Å². The first-order valence-electron chi connectivity index (χ1n) is 13.1. The molecule has 0 aliphatic carbocycles. The summed E-state index contributed by atoms with van der Waals surface area (Å²) in [5.74, 6) is -1.47. The molecule has 0 saturated heterocycles. The number of methoxy groups -OCH3 is 1. The highest BCUT2D eigenvalue weighted by Gasteiger charge is 2.10. The molecule has 4 aromatic rings. The van der Waals surface area contributed by atoms with Crippen molar-refractivity contribution in [1.29, 1.82) is 0 Å². The van der Waals surface area contributed by atoms with Gasteiger partial charge in [0.1, 0.15) is 30.0 Å². The quantitative estimate of drug-likeness (QED) is 0.145. The Bertz CT molecular complexity index is 1510. The molecule has 1 unspecified atom stereocenters. The fraction of sp³-hybridized carbons (Fsp3) is 0.258. The summed E-state index contributed by atoms with van der Waals surface area (Å²) in [6, 6.07) is 24.7. The van der Waals surface area contributed by atoms with Gasteiger partial charge in [-0.05, 0) is 78.5 Å². The lowest BCUT2D eigenvalue weighted by molar-refractivity contribution is -0.159. The van der Waals surface area contributed by atoms with Crippen LogP contribution in [0, 0.1) is 0 Å². The van der Waals surface area contributed by atoms with Crippen LogP contribution < -0.4 is 25.1 Å². The van der Waals surface area contributed by atoms with Crippen LogP contribution in [0.3, 0.4) is 0 Å². The molecule has 0 aliphatic rings. The second-order valence-corrected chi connectivity index (χ2v) is 9.17. The Morgan fingerprint density at radius 1 is 0.881 bits per heavy atom. The van der Waals surface area contributed by atoms with E-state index in [1.807, 2.05) is 72.8 Å². The molecule has 0 aliphatic heterocycles. The Kier molecular flexibility index (Phi) is 11.9. The van der Waals surface area contributed by atoms with Gasteiger partial charge in [-0.1, -0.05) is 24.3 Å². The fourth-order valence-corrected chi connectivity index (χ4v) is 3.93. The van der Waals surface area contributed by atoms with Crippen LogP contribution in [0.25, 0.3) is 22.0 Å². The normalized spacial score (nSPS) is 11.2. The molecule has 42 heavy (non-hydrogen) atoms. The van der Waals surface area contributed by atoms with Crippen molar-refractivity contribution in [3.05, 3.63) is 89.2 Å². The summed E-state index contributed by atoms with van der Waals surface area (Å²) in [6.45, 7) is 1.99. The van der Waals surface area contributed by atoms with E-state index in [2.05, 4.69) is 5.32 Å². The van der Waals surface area contributed by atoms with Gasteiger partial charge in [0, 0.05) is 13.6 Å². The zero-order valence-corrected chi connectivity index (χ0v) is 23.4. The van der Waals surface area contributed by atoms with Gasteiger partial charge in [0.25, 0.3) is 5.56 Å². The Balaban J connectivity index is 0.000000730. The van der Waals surface area contributed by atoms with E-state index in [1.165, 1.54) is 0 Å². The first-order valence-corrected chi connectivity index (χ1v) is 13.1. The van der Waals surface area contributed by atoms with Crippen molar-refractivity contribution in [2.75, 3.05) is 33.4 Å². The third-order valence-corrected chi connectivity index (χ3v) is 6.11. The molecule has 3 aromatic carbocycles. The Labute approximate surface area is 242 Å². The molecule has 0 bridgehead atoms. The summed E-state index contributed by atoms with van der Waals surface area (Å²) in [5, 5.41) is 29.5. The zero-order chi connectivity index (χ0) is 30.5. The van der Waals surface area contributed by atoms with E-state index in [9.17, 15) is 9.90 Å². The second-order valence-electron chi connectivity index (χ2n) is 9.17. The summed E-state index contributed by atoms with van der Waals surface area (Å²) in [7, 11) is 3.37. The van der Waals surface area contributed by atoms with Crippen molar-refractivity contribution < 1.29 is 39.1 Å². The van der Waals surface area contributed by atoms with Crippen LogP contribution in [0.4, 0.5) is 0 Å². The third-order valence-electron chi connectivity index (χ3n) is 6.11. The number of aliphatic hydroxyl groups excluding tert-OH is 1. The minimum Gasteiger partial charge on any atom is -0.497 e. The van der Waals surface area contributed by atoms with Crippen molar-refractivity contribution in [3.63, 3.8) is 0 Å². The lowest BCUT2D eigenvalue weighted by Crippen LogP contribution is -2.32. The minimum atomic E-state index is -1.82. The van der Waals surface area contributed by atoms with Crippen LogP contribution in [0.15, 0.2) is 83.7 Å². The lowest BCUT2D eigenvalue weighted by Gasteiger charge is -2.14. The zero-order valence-electron chi connectivity index (χ0n) is 23.4. The van der Waals surface area contributed by atoms with E-state index in [4.69, 9.17) is 34.0 Å². The highest BCUT2D eigenvalue weighted by atomic mass is 16.5. The predicted octanol–water partition coefficient (Wildman–Crippen LogP) is 3.17. The largest absolute Gasteiger partial charge is 0.497 e. The van der Waals surface area contributed by atoms with Crippen LogP contribution >= 0.6 is 0 Å². The highest BCUT2D eigenvalue weighted by molar-refractivity contribution is 6.27. The Morgan fingerprint density at radius 3 is 2.17 bits per heavy atom. The van der Waals surface area contributed by atoms with Crippen molar-refractivity contribution in [3.8, 4) is 28.5 Å². The Hall–Kier alpha value is -4.87. The van der Waals surface area contributed by atoms with E-state index in [0.29, 0.717) is 24.3 Å². The molecule has 11 heteroatoms. The number of aliphatic carboxylic acids is 2. The summed E-state index contributed by atoms with van der Waals surface area (Å²) in [5.41, 5.74) is 1.71. The number of pyridine rings is 1. The topological polar surface area (TPSA) is 157 Å². The van der Waals surface area contributed by atoms with E-state index in [1.54, 1.807) is 24.8 Å². The number of carboxylic acids is 2. The number of carboxylic acid groups (broad SMARTS) is 2. The van der Waals surface area contributed by atoms with Crippen LogP contribution in [0.2, 0.25) is 0 Å². The number of hydrogen-bond donors (Lipinski definition) is 4. The number of carbonyl (C=O) groups is 2. The molecule has 4 N–H and O–H groups in total. The first-order chi connectivity index (χ1) is 20.2. The molecule has 0 amide bonds. The molecular formula is C31H34N2O9. The van der Waals surface area contributed by atoms with Gasteiger partial charge in [-0.15, -0.1) is 0 Å². The molecule has 1 aromatic heterocycles. The highest BCUT2D eigenvalue weighted by Crippen LogP contribution is 2.26. The summed E-state index contributed by atoms with van der Waals surface area (Å²) < 4.78 is 18.3. The number of aromatic nitrogens is 1. The number of nitrogens with one attached hydrogen (secondary N) is 1. The number of para-hydroxylation sites is 1. The number of rotatable bonds is 12.